The van der Waals surface area contributed by atoms with Gasteiger partial charge in [0.1, 0.15) is 11.9 Å². The molecule has 0 unspecified atom stereocenters. The number of halogens is 1. The number of likely N-dealkylation sites (tertiary alicyclic amines) is 1. The minimum absolute atomic E-state index is 0.180. The molecule has 5 heteroatoms. The van der Waals surface area contributed by atoms with Crippen molar-refractivity contribution in [1.82, 2.24) is 4.90 Å². The molecule has 1 aliphatic carbocycles. The molecule has 4 nitrogen and oxygen atoms in total. The Hall–Kier alpha value is -2.66. The molecule has 0 amide bonds. The third-order valence-corrected chi connectivity index (χ3v) is 5.92. The zero-order valence-electron chi connectivity index (χ0n) is 16.4. The van der Waals surface area contributed by atoms with Crippen molar-refractivity contribution in [2.24, 2.45) is 0 Å². The zero-order chi connectivity index (χ0) is 20.2. The van der Waals surface area contributed by atoms with E-state index in [1.54, 1.807) is 12.1 Å². The van der Waals surface area contributed by atoms with Gasteiger partial charge in [0.15, 0.2) is 0 Å². The number of piperidine rings is 1. The number of carboxylic acid groups (broad SMARTS) is 1. The minimum Gasteiger partial charge on any atom is -0.450 e. The van der Waals surface area contributed by atoms with Crippen molar-refractivity contribution < 1.29 is 19.0 Å². The van der Waals surface area contributed by atoms with Crippen LogP contribution in [0.1, 0.15) is 41.5 Å². The highest BCUT2D eigenvalue weighted by Gasteiger charge is 2.22. The largest absolute Gasteiger partial charge is 0.506 e. The molecule has 2 aromatic rings. The molecule has 1 aliphatic heterocycles. The molecule has 2 aromatic carbocycles. The SMILES string of the molecule is O=C(O)OC1CCN(CCC=C2c3ccccc3CCc3cc(F)ccc32)CC1. The minimum atomic E-state index is -1.18. The van der Waals surface area contributed by atoms with E-state index in [0.29, 0.717) is 0 Å². The second-order valence-corrected chi connectivity index (χ2v) is 7.79. The molecule has 0 spiro atoms. The summed E-state index contributed by atoms with van der Waals surface area (Å²) >= 11 is 0. The predicted octanol–water partition coefficient (Wildman–Crippen LogP) is 4.91. The Morgan fingerprint density at radius 1 is 1.10 bits per heavy atom. The molecule has 0 atom stereocenters. The fraction of sp³-hybridized carbons (Fsp3) is 0.375. The van der Waals surface area contributed by atoms with E-state index in [1.165, 1.54) is 16.7 Å². The van der Waals surface area contributed by atoms with Gasteiger partial charge in [-0.15, -0.1) is 0 Å². The second kappa shape index (κ2) is 8.78. The van der Waals surface area contributed by atoms with Crippen LogP contribution in [-0.4, -0.2) is 41.9 Å². The molecule has 2 aliphatic rings. The monoisotopic (exact) mass is 395 g/mol. The molecule has 152 valence electrons. The number of ether oxygens (including phenoxy) is 1. The zero-order valence-corrected chi connectivity index (χ0v) is 16.4. The van der Waals surface area contributed by atoms with Crippen molar-refractivity contribution in [3.05, 3.63) is 76.6 Å². The molecule has 4 rings (SSSR count). The van der Waals surface area contributed by atoms with Gasteiger partial charge in [0.25, 0.3) is 0 Å². The molecule has 1 heterocycles. The fourth-order valence-corrected chi connectivity index (χ4v) is 4.45. The first-order valence-electron chi connectivity index (χ1n) is 10.3. The Morgan fingerprint density at radius 3 is 2.62 bits per heavy atom. The summed E-state index contributed by atoms with van der Waals surface area (Å²) in [4.78, 5) is 13.0. The summed E-state index contributed by atoms with van der Waals surface area (Å²) in [5.74, 6) is -0.180. The van der Waals surface area contributed by atoms with Crippen LogP contribution in [0.5, 0.6) is 0 Å². The quantitative estimate of drug-likeness (QED) is 0.748. The summed E-state index contributed by atoms with van der Waals surface area (Å²) in [5.41, 5.74) is 5.94. The first-order chi connectivity index (χ1) is 14.1. The molecule has 0 aromatic heterocycles. The molecular weight excluding hydrogens is 369 g/mol. The Bertz CT molecular complexity index is 916. The lowest BCUT2D eigenvalue weighted by Gasteiger charge is -2.30. The van der Waals surface area contributed by atoms with Crippen LogP contribution in [0.3, 0.4) is 0 Å². The van der Waals surface area contributed by atoms with E-state index in [9.17, 15) is 9.18 Å². The second-order valence-electron chi connectivity index (χ2n) is 7.79. The molecule has 0 bridgehead atoms. The van der Waals surface area contributed by atoms with Crippen molar-refractivity contribution in [2.45, 2.75) is 38.2 Å². The lowest BCUT2D eigenvalue weighted by molar-refractivity contribution is 0.0202. The number of hydrogen-bond donors (Lipinski definition) is 1. The third-order valence-electron chi connectivity index (χ3n) is 5.92. The van der Waals surface area contributed by atoms with Crippen molar-refractivity contribution in [3.8, 4) is 0 Å². The van der Waals surface area contributed by atoms with E-state index < -0.39 is 6.16 Å². The van der Waals surface area contributed by atoms with Gasteiger partial charge in [0.05, 0.1) is 0 Å². The Labute approximate surface area is 170 Å². The summed E-state index contributed by atoms with van der Waals surface area (Å²) in [7, 11) is 0. The van der Waals surface area contributed by atoms with Gasteiger partial charge in [-0.25, -0.2) is 9.18 Å². The fourth-order valence-electron chi connectivity index (χ4n) is 4.45. The van der Waals surface area contributed by atoms with E-state index in [1.807, 2.05) is 6.07 Å². The van der Waals surface area contributed by atoms with E-state index in [-0.39, 0.29) is 11.9 Å². The van der Waals surface area contributed by atoms with Gasteiger partial charge in [-0.05, 0) is 72.1 Å². The number of nitrogens with zero attached hydrogens (tertiary/aromatic N) is 1. The topological polar surface area (TPSA) is 49.8 Å². The highest BCUT2D eigenvalue weighted by molar-refractivity contribution is 5.83. The van der Waals surface area contributed by atoms with Crippen LogP contribution in [0.4, 0.5) is 9.18 Å². The molecule has 1 N–H and O–H groups in total. The van der Waals surface area contributed by atoms with E-state index in [4.69, 9.17) is 9.84 Å². The van der Waals surface area contributed by atoms with Crippen LogP contribution in [0.15, 0.2) is 48.5 Å². The van der Waals surface area contributed by atoms with Crippen LogP contribution >= 0.6 is 0 Å². The van der Waals surface area contributed by atoms with Crippen molar-refractivity contribution in [2.75, 3.05) is 19.6 Å². The standard InChI is InChI=1S/C24H26FNO3/c25-19-9-10-22-18(16-19)8-7-17-4-1-2-5-21(17)23(22)6-3-13-26-14-11-20(12-15-26)29-24(27)28/h1-2,4-6,9-10,16,20H,3,7-8,11-15H2,(H,27,28). The van der Waals surface area contributed by atoms with E-state index in [0.717, 1.165) is 62.9 Å². The smallest absolute Gasteiger partial charge is 0.450 e. The summed E-state index contributed by atoms with van der Waals surface area (Å²) < 4.78 is 18.7. The normalized spacial score (nSPS) is 18.7. The number of carbonyl (C=O) groups is 1. The van der Waals surface area contributed by atoms with Gasteiger partial charge >= 0.3 is 6.16 Å². The first-order valence-corrected chi connectivity index (χ1v) is 10.3. The summed E-state index contributed by atoms with van der Waals surface area (Å²) in [6.07, 6.45) is 5.06. The summed E-state index contributed by atoms with van der Waals surface area (Å²) in [6, 6.07) is 13.6. The Balaban J connectivity index is 1.49. The van der Waals surface area contributed by atoms with Gasteiger partial charge in [0, 0.05) is 19.6 Å². The van der Waals surface area contributed by atoms with Crippen LogP contribution in [0, 0.1) is 5.82 Å². The maximum atomic E-state index is 13.8. The van der Waals surface area contributed by atoms with E-state index in [2.05, 4.69) is 35.2 Å². The molecule has 0 saturated carbocycles. The Kier molecular flexibility index (Phi) is 5.95. The molecular formula is C24H26FNO3. The number of hydrogen-bond acceptors (Lipinski definition) is 3. The van der Waals surface area contributed by atoms with Crippen LogP contribution in [0.2, 0.25) is 0 Å². The molecule has 1 saturated heterocycles. The number of fused-ring (bicyclic) bond motifs is 2. The van der Waals surface area contributed by atoms with Crippen LogP contribution < -0.4 is 0 Å². The lowest BCUT2D eigenvalue weighted by Crippen LogP contribution is -2.38. The maximum absolute atomic E-state index is 13.8. The first kappa shape index (κ1) is 19.6. The highest BCUT2D eigenvalue weighted by Crippen LogP contribution is 2.34. The summed E-state index contributed by atoms with van der Waals surface area (Å²) in [6.45, 7) is 2.61. The van der Waals surface area contributed by atoms with Gasteiger partial charge in [-0.1, -0.05) is 36.4 Å². The number of aryl methyl sites for hydroxylation is 2. The molecule has 1 fully saturated rings. The average Bonchev–Trinajstić information content (AvgIpc) is 2.86. The predicted molar refractivity (Wildman–Crippen MR) is 111 cm³/mol. The van der Waals surface area contributed by atoms with Gasteiger partial charge in [0.2, 0.25) is 0 Å². The van der Waals surface area contributed by atoms with Gasteiger partial charge in [-0.3, -0.25) is 0 Å². The lowest BCUT2D eigenvalue weighted by atomic mass is 9.93. The van der Waals surface area contributed by atoms with Gasteiger partial charge < -0.3 is 14.7 Å². The number of benzene rings is 2. The average molecular weight is 395 g/mol. The Morgan fingerprint density at radius 2 is 1.83 bits per heavy atom. The van der Waals surface area contributed by atoms with Crippen molar-refractivity contribution in [1.29, 1.82) is 0 Å². The molecule has 0 radical (unpaired) electrons. The highest BCUT2D eigenvalue weighted by atomic mass is 19.1. The van der Waals surface area contributed by atoms with Gasteiger partial charge in [-0.2, -0.15) is 0 Å². The van der Waals surface area contributed by atoms with Crippen molar-refractivity contribution >= 4 is 11.7 Å². The van der Waals surface area contributed by atoms with Crippen molar-refractivity contribution in [3.63, 3.8) is 0 Å². The summed E-state index contributed by atoms with van der Waals surface area (Å²) in [5, 5.41) is 8.75. The maximum Gasteiger partial charge on any atom is 0.506 e. The number of rotatable bonds is 4. The third kappa shape index (κ3) is 4.67. The van der Waals surface area contributed by atoms with E-state index >= 15 is 0 Å². The van der Waals surface area contributed by atoms with Crippen LogP contribution in [-0.2, 0) is 17.6 Å². The van der Waals surface area contributed by atoms with Crippen LogP contribution in [0.25, 0.3) is 5.57 Å². The molecule has 29 heavy (non-hydrogen) atoms.